The molecule has 2 heterocycles. The summed E-state index contributed by atoms with van der Waals surface area (Å²) in [5, 5.41) is 3.06. The highest BCUT2D eigenvalue weighted by molar-refractivity contribution is 6.00. The van der Waals surface area contributed by atoms with Gasteiger partial charge in [0.1, 0.15) is 13.2 Å². The smallest absolute Gasteiger partial charge is 0.227 e. The molecular formula is C23H26N2O4. The minimum atomic E-state index is -0.368. The van der Waals surface area contributed by atoms with Crippen LogP contribution in [0.2, 0.25) is 0 Å². The molecular weight excluding hydrogens is 368 g/mol. The molecule has 2 unspecified atom stereocenters. The molecule has 152 valence electrons. The van der Waals surface area contributed by atoms with Crippen molar-refractivity contribution >= 4 is 17.5 Å². The fourth-order valence-corrected chi connectivity index (χ4v) is 3.79. The van der Waals surface area contributed by atoms with Crippen LogP contribution in [0.15, 0.2) is 42.5 Å². The van der Waals surface area contributed by atoms with Crippen LogP contribution in [-0.2, 0) is 16.0 Å². The minimum Gasteiger partial charge on any atom is -0.486 e. The zero-order chi connectivity index (χ0) is 20.4. The maximum absolute atomic E-state index is 12.8. The largest absolute Gasteiger partial charge is 0.486 e. The Balaban J connectivity index is 1.41. The van der Waals surface area contributed by atoms with Gasteiger partial charge in [-0.05, 0) is 36.6 Å². The van der Waals surface area contributed by atoms with Gasteiger partial charge in [-0.1, -0.05) is 31.2 Å². The van der Waals surface area contributed by atoms with Crippen LogP contribution in [-0.4, -0.2) is 31.6 Å². The van der Waals surface area contributed by atoms with Gasteiger partial charge in [0.05, 0.1) is 12.0 Å². The number of ether oxygens (including phenoxy) is 2. The van der Waals surface area contributed by atoms with Crippen LogP contribution in [0.3, 0.4) is 0 Å². The lowest BCUT2D eigenvalue weighted by atomic mass is 10.0. The molecule has 2 atom stereocenters. The summed E-state index contributed by atoms with van der Waals surface area (Å²) < 4.78 is 11.1. The van der Waals surface area contributed by atoms with E-state index in [1.165, 1.54) is 5.56 Å². The normalized spacial score (nSPS) is 19.2. The summed E-state index contributed by atoms with van der Waals surface area (Å²) in [6, 6.07) is 13.6. The summed E-state index contributed by atoms with van der Waals surface area (Å²) in [4.78, 5) is 27.0. The number of rotatable bonds is 5. The molecule has 2 aromatic carbocycles. The summed E-state index contributed by atoms with van der Waals surface area (Å²) in [5.41, 5.74) is 3.06. The highest BCUT2D eigenvalue weighted by Crippen LogP contribution is 2.36. The first-order valence-electron chi connectivity index (χ1n) is 10.1. The van der Waals surface area contributed by atoms with Gasteiger partial charge in [-0.3, -0.25) is 9.59 Å². The summed E-state index contributed by atoms with van der Waals surface area (Å²) in [7, 11) is 0. The fourth-order valence-electron chi connectivity index (χ4n) is 3.79. The van der Waals surface area contributed by atoms with E-state index in [4.69, 9.17) is 9.47 Å². The molecule has 4 rings (SSSR count). The van der Waals surface area contributed by atoms with E-state index in [1.807, 2.05) is 37.3 Å². The average Bonchev–Trinajstić information content (AvgIpc) is 3.15. The molecule has 2 aliphatic heterocycles. The van der Waals surface area contributed by atoms with E-state index < -0.39 is 0 Å². The Labute approximate surface area is 170 Å². The summed E-state index contributed by atoms with van der Waals surface area (Å²) >= 11 is 0. The van der Waals surface area contributed by atoms with Gasteiger partial charge in [0.25, 0.3) is 0 Å². The van der Waals surface area contributed by atoms with Gasteiger partial charge in [-0.2, -0.15) is 0 Å². The average molecular weight is 394 g/mol. The zero-order valence-corrected chi connectivity index (χ0v) is 16.8. The molecule has 1 N–H and O–H groups in total. The van der Waals surface area contributed by atoms with E-state index in [9.17, 15) is 9.59 Å². The van der Waals surface area contributed by atoms with Crippen molar-refractivity contribution in [2.75, 3.05) is 24.7 Å². The van der Waals surface area contributed by atoms with E-state index >= 15 is 0 Å². The van der Waals surface area contributed by atoms with Crippen molar-refractivity contribution in [2.45, 2.75) is 32.7 Å². The molecule has 1 saturated heterocycles. The molecule has 0 radical (unpaired) electrons. The quantitative estimate of drug-likeness (QED) is 0.845. The van der Waals surface area contributed by atoms with Crippen molar-refractivity contribution in [3.8, 4) is 11.5 Å². The number of nitrogens with one attached hydrogen (secondary N) is 1. The van der Waals surface area contributed by atoms with E-state index in [1.54, 1.807) is 4.90 Å². The molecule has 2 aromatic rings. The Bertz CT molecular complexity index is 910. The number of fused-ring (bicyclic) bond motifs is 1. The SMILES string of the molecule is CCc1ccc(C(C)NC(=O)C2CC(=O)N(c3ccc4c(c3)OCCO4)C2)cc1. The molecule has 1 fully saturated rings. The molecule has 0 bridgehead atoms. The van der Waals surface area contributed by atoms with E-state index in [-0.39, 0.29) is 30.2 Å². The Morgan fingerprint density at radius 3 is 2.59 bits per heavy atom. The third-order valence-corrected chi connectivity index (χ3v) is 5.58. The van der Waals surface area contributed by atoms with Gasteiger partial charge < -0.3 is 19.7 Å². The van der Waals surface area contributed by atoms with Crippen molar-refractivity contribution in [1.82, 2.24) is 5.32 Å². The third-order valence-electron chi connectivity index (χ3n) is 5.58. The molecule has 29 heavy (non-hydrogen) atoms. The number of aryl methyl sites for hydroxylation is 1. The minimum absolute atomic E-state index is 0.0539. The second-order valence-corrected chi connectivity index (χ2v) is 7.56. The number of amides is 2. The molecule has 2 aliphatic rings. The highest BCUT2D eigenvalue weighted by Gasteiger charge is 2.36. The molecule has 0 saturated carbocycles. The predicted octanol–water partition coefficient (Wildman–Crippen LogP) is 3.25. The molecule has 2 amide bonds. The van der Waals surface area contributed by atoms with Crippen molar-refractivity contribution in [2.24, 2.45) is 5.92 Å². The van der Waals surface area contributed by atoms with Crippen LogP contribution in [0, 0.1) is 5.92 Å². The Morgan fingerprint density at radius 2 is 1.86 bits per heavy atom. The molecule has 6 heteroatoms. The number of nitrogens with zero attached hydrogens (tertiary/aromatic N) is 1. The van der Waals surface area contributed by atoms with Gasteiger partial charge in [0.15, 0.2) is 11.5 Å². The topological polar surface area (TPSA) is 67.9 Å². The first-order chi connectivity index (χ1) is 14.0. The lowest BCUT2D eigenvalue weighted by Crippen LogP contribution is -2.34. The highest BCUT2D eigenvalue weighted by atomic mass is 16.6. The summed E-state index contributed by atoms with van der Waals surface area (Å²) in [6.07, 6.45) is 1.20. The number of anilines is 1. The Hall–Kier alpha value is -3.02. The van der Waals surface area contributed by atoms with Gasteiger partial charge in [0, 0.05) is 24.7 Å². The maximum Gasteiger partial charge on any atom is 0.227 e. The lowest BCUT2D eigenvalue weighted by molar-refractivity contribution is -0.126. The van der Waals surface area contributed by atoms with Crippen LogP contribution < -0.4 is 19.7 Å². The lowest BCUT2D eigenvalue weighted by Gasteiger charge is -2.22. The summed E-state index contributed by atoms with van der Waals surface area (Å²) in [5.74, 6) is 0.808. The van der Waals surface area contributed by atoms with Crippen molar-refractivity contribution in [1.29, 1.82) is 0 Å². The number of carbonyl (C=O) groups excluding carboxylic acids is 2. The Kier molecular flexibility index (Phi) is 5.43. The van der Waals surface area contributed by atoms with E-state index in [0.29, 0.717) is 31.3 Å². The molecule has 0 aliphatic carbocycles. The van der Waals surface area contributed by atoms with E-state index in [2.05, 4.69) is 24.4 Å². The van der Waals surface area contributed by atoms with Crippen molar-refractivity contribution in [3.05, 3.63) is 53.6 Å². The van der Waals surface area contributed by atoms with E-state index in [0.717, 1.165) is 17.7 Å². The maximum atomic E-state index is 12.8. The standard InChI is InChI=1S/C23H26N2O4/c1-3-16-4-6-17(7-5-16)15(2)24-23(27)18-12-22(26)25(14-18)19-8-9-20-21(13-19)29-11-10-28-20/h4-9,13,15,18H,3,10-12,14H2,1-2H3,(H,24,27). The second-order valence-electron chi connectivity index (χ2n) is 7.56. The molecule has 0 aromatic heterocycles. The fraction of sp³-hybridized carbons (Fsp3) is 0.391. The van der Waals surface area contributed by atoms with Crippen molar-refractivity contribution < 1.29 is 19.1 Å². The number of benzene rings is 2. The number of carbonyl (C=O) groups is 2. The summed E-state index contributed by atoms with van der Waals surface area (Å²) in [6.45, 7) is 5.47. The first kappa shape index (κ1) is 19.3. The van der Waals surface area contributed by atoms with Gasteiger partial charge in [-0.25, -0.2) is 0 Å². The van der Waals surface area contributed by atoms with Gasteiger partial charge in [0.2, 0.25) is 11.8 Å². The monoisotopic (exact) mass is 394 g/mol. The first-order valence-corrected chi connectivity index (χ1v) is 10.1. The number of hydrogen-bond donors (Lipinski definition) is 1. The van der Waals surface area contributed by atoms with Crippen LogP contribution in [0.25, 0.3) is 0 Å². The van der Waals surface area contributed by atoms with Crippen LogP contribution >= 0.6 is 0 Å². The van der Waals surface area contributed by atoms with Crippen LogP contribution in [0.5, 0.6) is 11.5 Å². The number of hydrogen-bond acceptors (Lipinski definition) is 4. The second kappa shape index (κ2) is 8.15. The van der Waals surface area contributed by atoms with Crippen LogP contribution in [0.4, 0.5) is 5.69 Å². The third kappa shape index (κ3) is 4.06. The predicted molar refractivity (Wildman–Crippen MR) is 110 cm³/mol. The van der Waals surface area contributed by atoms with Gasteiger partial charge in [-0.15, -0.1) is 0 Å². The zero-order valence-electron chi connectivity index (χ0n) is 16.8. The Morgan fingerprint density at radius 1 is 1.14 bits per heavy atom. The van der Waals surface area contributed by atoms with Gasteiger partial charge >= 0.3 is 0 Å². The molecule has 6 nitrogen and oxygen atoms in total. The van der Waals surface area contributed by atoms with Crippen molar-refractivity contribution in [3.63, 3.8) is 0 Å². The van der Waals surface area contributed by atoms with Crippen LogP contribution in [0.1, 0.15) is 37.4 Å². The molecule has 0 spiro atoms.